The number of anilines is 3. The summed E-state index contributed by atoms with van der Waals surface area (Å²) in [5, 5.41) is 14.1. The summed E-state index contributed by atoms with van der Waals surface area (Å²) in [6.45, 7) is 34.1. The van der Waals surface area contributed by atoms with Crippen LogP contribution < -0.4 is 20.2 Å². The molecule has 6 fully saturated rings. The van der Waals surface area contributed by atoms with Crippen molar-refractivity contribution in [3.63, 3.8) is 0 Å². The van der Waals surface area contributed by atoms with Crippen LogP contribution in [0.5, 0.6) is 0 Å². The number of rotatable bonds is 31. The van der Waals surface area contributed by atoms with E-state index in [1.807, 2.05) is 106 Å². The highest BCUT2D eigenvalue weighted by Gasteiger charge is 2.40. The molecule has 0 radical (unpaired) electrons. The van der Waals surface area contributed by atoms with E-state index in [2.05, 4.69) is 111 Å². The van der Waals surface area contributed by atoms with E-state index in [1.165, 1.54) is 72.1 Å². The summed E-state index contributed by atoms with van der Waals surface area (Å²) >= 11 is 6.12. The van der Waals surface area contributed by atoms with Crippen LogP contribution in [0.1, 0.15) is 119 Å². The first kappa shape index (κ1) is 86.9. The molecule has 4 bridgehead atoms. The van der Waals surface area contributed by atoms with Crippen molar-refractivity contribution in [2.24, 2.45) is 23.7 Å². The number of nitrogens with one attached hydrogen (secondary N) is 1. The van der Waals surface area contributed by atoms with Gasteiger partial charge in [0, 0.05) is 142 Å². The average Bonchev–Trinajstić information content (AvgIpc) is 1.58. The predicted molar refractivity (Wildman–Crippen MR) is 462 cm³/mol. The van der Waals surface area contributed by atoms with E-state index < -0.39 is 44.5 Å². The summed E-state index contributed by atoms with van der Waals surface area (Å²) in [4.78, 5) is 72.6. The molecule has 2 saturated heterocycles. The molecule has 4 saturated carbocycles. The second kappa shape index (κ2) is 39.3. The zero-order chi connectivity index (χ0) is 80.0. The summed E-state index contributed by atoms with van der Waals surface area (Å²) in [5.74, 6) is 5.91. The largest absolute Gasteiger partial charge is 0.443 e. The molecule has 8 heterocycles. The van der Waals surface area contributed by atoms with Crippen LogP contribution in [0.3, 0.4) is 0 Å². The second-order valence-corrected chi connectivity index (χ2v) is 59.3. The number of hydrogen-bond acceptors (Lipinski definition) is 18. The van der Waals surface area contributed by atoms with Gasteiger partial charge in [0.25, 0.3) is 0 Å². The van der Waals surface area contributed by atoms with Crippen molar-refractivity contribution in [3.05, 3.63) is 150 Å². The Kier molecular flexibility index (Phi) is 30.0. The summed E-state index contributed by atoms with van der Waals surface area (Å²) in [7, 11) is -4.93. The van der Waals surface area contributed by atoms with Gasteiger partial charge in [-0.05, 0) is 122 Å². The molecule has 6 aliphatic rings. The number of hydrazine groups is 2. The molecule has 2 unspecified atom stereocenters. The van der Waals surface area contributed by atoms with Crippen molar-refractivity contribution in [3.8, 4) is 22.3 Å². The lowest BCUT2D eigenvalue weighted by Gasteiger charge is -2.30. The Labute approximate surface area is 683 Å². The molecule has 2 aromatic carbocycles. The van der Waals surface area contributed by atoms with Crippen molar-refractivity contribution in [1.82, 2.24) is 54.6 Å². The number of nitrogens with zero attached hydrogens (tertiary/aromatic N) is 13. The quantitative estimate of drug-likeness (QED) is 0.0184. The number of carbonyl (C=O) groups is 4. The molecule has 114 heavy (non-hydrogen) atoms. The van der Waals surface area contributed by atoms with Crippen molar-refractivity contribution in [2.45, 2.75) is 212 Å². The van der Waals surface area contributed by atoms with Gasteiger partial charge < -0.3 is 38.2 Å². The Bertz CT molecular complexity index is 4400. The van der Waals surface area contributed by atoms with Gasteiger partial charge in [-0.25, -0.2) is 39.5 Å². The zero-order valence-electron chi connectivity index (χ0n) is 68.6. The van der Waals surface area contributed by atoms with Gasteiger partial charge in [-0.15, -0.1) is 0 Å². The third-order valence-corrected chi connectivity index (χ3v) is 29.2. The highest BCUT2D eigenvalue weighted by Crippen LogP contribution is 2.50. The lowest BCUT2D eigenvalue weighted by atomic mass is 9.79. The molecule has 4 amide bonds. The first-order chi connectivity index (χ1) is 54.0. The molecule has 8 aromatic rings. The van der Waals surface area contributed by atoms with Gasteiger partial charge in [0.1, 0.15) is 56.9 Å². The van der Waals surface area contributed by atoms with E-state index >= 15 is 0 Å². The summed E-state index contributed by atoms with van der Waals surface area (Å²) in [5.41, 5.74) is 11.7. The Hall–Kier alpha value is -7.94. The fraction of sp³-hybridized carbons (Fsp3) is 0.553. The number of amides is 4. The molecule has 29 heteroatoms. The van der Waals surface area contributed by atoms with Gasteiger partial charge in [-0.3, -0.25) is 15.0 Å². The number of aromatic nitrogens is 8. The van der Waals surface area contributed by atoms with E-state index in [-0.39, 0.29) is 45.4 Å². The van der Waals surface area contributed by atoms with Crippen LogP contribution in [0.25, 0.3) is 33.5 Å². The van der Waals surface area contributed by atoms with Gasteiger partial charge in [0.05, 0.1) is 25.5 Å². The number of halogens is 1. The first-order valence-electron chi connectivity index (χ1n) is 40.8. The van der Waals surface area contributed by atoms with Crippen molar-refractivity contribution >= 4 is 96.6 Å². The number of hydrogen-bond donors (Lipinski definition) is 1. The number of fused-ring (bicyclic) bond motifs is 6. The smallest absolute Gasteiger partial charge is 0.429 e. The zero-order valence-corrected chi connectivity index (χ0v) is 73.3. The van der Waals surface area contributed by atoms with Crippen LogP contribution in [0.2, 0.25) is 108 Å². The van der Waals surface area contributed by atoms with Gasteiger partial charge in [0.15, 0.2) is 17.1 Å². The fourth-order valence-electron chi connectivity index (χ4n) is 15.6. The lowest BCUT2D eigenvalue weighted by molar-refractivity contribution is -0.121. The van der Waals surface area contributed by atoms with Gasteiger partial charge >= 0.3 is 12.2 Å². The SMILES string of the molecule is C.C[Si](C)(C)CCOCN(COCC[Si](C)(C)C)c1cc(C2C[C@H]3CC[C@@H](C2)C3)nc2c(-c3ccc(Cl)nc3)cnn12.C[Si](C)(C)CCOCN(COCC[Si](C)(C)C)c1cc(C2C[C@H]3CC[C@@H](C2)C3)nc2c(-c3ccc(N4C(=O)CCN4C(=O)OCc4ccccc4)nc3)cnn12.O=C1CCN(C(=O)OCc2ccccc2)N1. The molecule has 24 nitrogen and oxygen atoms in total. The molecule has 1 N–H and O–H groups in total. The number of carbonyl (C=O) groups excluding carboxylic acids is 4. The minimum absolute atomic E-state index is 0. The topological polar surface area (TPSA) is 238 Å². The molecule has 0 spiro atoms. The average molecular weight is 1650 g/mol. The Morgan fingerprint density at radius 1 is 0.500 bits per heavy atom. The van der Waals surface area contributed by atoms with Crippen LogP contribution in [0.4, 0.5) is 27.0 Å². The number of ether oxygens (including phenoxy) is 6. The molecular weight excluding hydrogens is 1520 g/mol. The second-order valence-electron chi connectivity index (χ2n) is 36.4. The lowest BCUT2D eigenvalue weighted by Crippen LogP contribution is -2.44. The molecular formula is C85H123ClN14O10Si4. The Morgan fingerprint density at radius 3 is 1.29 bits per heavy atom. The van der Waals surface area contributed by atoms with Crippen LogP contribution in [-0.2, 0) is 51.2 Å². The fourth-order valence-corrected chi connectivity index (χ4v) is 18.8. The molecule has 616 valence electrons. The summed E-state index contributed by atoms with van der Waals surface area (Å²) in [6.07, 6.45) is 19.6. The number of benzene rings is 2. The summed E-state index contributed by atoms with van der Waals surface area (Å²) in [6, 6.07) is 35.3. The van der Waals surface area contributed by atoms with E-state index in [1.54, 1.807) is 12.3 Å². The maximum Gasteiger partial charge on any atom is 0.429 e. The van der Waals surface area contributed by atoms with Crippen LogP contribution in [0.15, 0.2) is 122 Å². The van der Waals surface area contributed by atoms with Crippen LogP contribution >= 0.6 is 11.6 Å². The predicted octanol–water partition coefficient (Wildman–Crippen LogP) is 18.7. The van der Waals surface area contributed by atoms with Crippen LogP contribution in [0, 0.1) is 23.7 Å². The Balaban J connectivity index is 0.000000192. The highest BCUT2D eigenvalue weighted by molar-refractivity contribution is 6.77. The monoisotopic (exact) mass is 1650 g/mol. The first-order valence-corrected chi connectivity index (χ1v) is 56.0. The molecule has 6 aromatic heterocycles. The standard InChI is InChI=1S/C42H59N7O5Si2.C31H48ClN5O2Si2.C11H12N2O3.CH4/c1-55(2,3)20-18-52-29-46(30-53-19-21-56(4,5)6)39-25-37(35-23-32-12-13-33(22-32)24-35)45-41-36(27-44-48(39)41)34-14-15-38(43-26-34)49-40(50)16-17-47(49)42(51)54-28-31-10-8-7-9-11-31;1-40(2,3)13-11-38-21-36(22-39-12-14-41(4,5)6)30-18-28(26-16-23-7-8-24(15-23)17-26)35-31-27(20-34-37(30)31)25-9-10-29(32)33-19-25;14-10-6-7-13(12-10)11(15)16-8-9-4-2-1-3-5-9;/h7-11,14-15,25-27,32-33,35H,12-13,16-24,28-30H2,1-6H3;9-10,18-20,23-24,26H,7-8,11-17,21-22H2,1-6H3;1-5H,6-8H2,(H,12,14);1H4/t32-,33+,35?;23-,24+,26?;;. The van der Waals surface area contributed by atoms with E-state index in [0.717, 1.165) is 136 Å². The maximum absolute atomic E-state index is 13.1. The maximum atomic E-state index is 13.1. The highest BCUT2D eigenvalue weighted by atomic mass is 35.5. The minimum Gasteiger partial charge on any atom is -0.443 e. The van der Waals surface area contributed by atoms with Crippen molar-refractivity contribution < 1.29 is 47.6 Å². The third-order valence-electron chi connectivity index (χ3n) is 22.2. The van der Waals surface area contributed by atoms with E-state index in [9.17, 15) is 19.2 Å². The van der Waals surface area contributed by atoms with Crippen molar-refractivity contribution in [1.29, 1.82) is 0 Å². The normalized spacial score (nSPS) is 19.5. The molecule has 4 aliphatic carbocycles. The van der Waals surface area contributed by atoms with Gasteiger partial charge in [-0.1, -0.05) is 184 Å². The van der Waals surface area contributed by atoms with E-state index in [0.29, 0.717) is 75.9 Å². The molecule has 6 atom stereocenters. The number of pyridine rings is 2. The summed E-state index contributed by atoms with van der Waals surface area (Å²) < 4.78 is 39.9. The van der Waals surface area contributed by atoms with E-state index in [4.69, 9.17) is 65.2 Å². The molecule has 14 rings (SSSR count). The van der Waals surface area contributed by atoms with Gasteiger partial charge in [0.2, 0.25) is 11.8 Å². The van der Waals surface area contributed by atoms with Gasteiger partial charge in [-0.2, -0.15) is 24.2 Å². The minimum atomic E-state index is -1.27. The van der Waals surface area contributed by atoms with Crippen LogP contribution in [-0.4, -0.2) is 172 Å². The Morgan fingerprint density at radius 2 is 0.912 bits per heavy atom. The third kappa shape index (κ3) is 24.6. The molecule has 2 aliphatic heterocycles. The van der Waals surface area contributed by atoms with Crippen molar-refractivity contribution in [2.75, 3.05) is 81.2 Å².